The van der Waals surface area contributed by atoms with Crippen LogP contribution in [-0.2, 0) is 0 Å². The summed E-state index contributed by atoms with van der Waals surface area (Å²) in [5, 5.41) is 0.448. The maximum atomic E-state index is 2.35. The highest BCUT2D eigenvalue weighted by atomic mass is 31.1. The van der Waals surface area contributed by atoms with Crippen molar-refractivity contribution in [2.24, 2.45) is 0 Å². The molecule has 0 N–H and O–H groups in total. The normalized spacial score (nSPS) is 24.0. The second kappa shape index (κ2) is 3.44. The molecule has 1 saturated carbocycles. The zero-order valence-electron chi connectivity index (χ0n) is 7.76. The quantitative estimate of drug-likeness (QED) is 0.526. The smallest absolute Gasteiger partial charge is 0.00775 e. The fraction of sp³-hybridized carbons (Fsp3) is 0.500. The summed E-state index contributed by atoms with van der Waals surface area (Å²) in [5.41, 5.74) is 1.52. The Morgan fingerprint density at radius 1 is 1.09 bits per heavy atom. The zero-order chi connectivity index (χ0) is 8.48. The summed E-state index contributed by atoms with van der Waals surface area (Å²) in [6.07, 6.45) is 8.72. The van der Waals surface area contributed by atoms with Gasteiger partial charge in [0.2, 0.25) is 0 Å². The molecule has 0 saturated heterocycles. The van der Waals surface area contributed by atoms with Crippen LogP contribution in [0.25, 0.3) is 0 Å². The van der Waals surface area contributed by atoms with Gasteiger partial charge >= 0.3 is 0 Å². The Bertz CT molecular complexity index is 117. The second-order valence-electron chi connectivity index (χ2n) is 3.87. The third kappa shape index (κ3) is 2.44. The molecule has 0 spiro atoms. The molecule has 1 aliphatic carbocycles. The predicted molar refractivity (Wildman–Crippen MR) is 53.0 cm³/mol. The molecule has 0 nitrogen and oxygen atoms in total. The van der Waals surface area contributed by atoms with Gasteiger partial charge in [0.05, 0.1) is 0 Å². The molecule has 0 amide bonds. The van der Waals surface area contributed by atoms with Crippen molar-refractivity contribution in [1.29, 1.82) is 0 Å². The summed E-state index contributed by atoms with van der Waals surface area (Å²) in [6.45, 7) is 9.29. The van der Waals surface area contributed by atoms with E-state index in [1.807, 2.05) is 0 Å². The van der Waals surface area contributed by atoms with Crippen LogP contribution in [0, 0.1) is 31.3 Å². The van der Waals surface area contributed by atoms with Gasteiger partial charge in [0, 0.05) is 5.66 Å². The van der Waals surface area contributed by atoms with Gasteiger partial charge in [0.25, 0.3) is 0 Å². The molecule has 11 heavy (non-hydrogen) atoms. The number of hydrogen-bond acceptors (Lipinski definition) is 0. The molecular weight excluding hydrogens is 151 g/mol. The highest BCUT2D eigenvalue weighted by Crippen LogP contribution is 2.58. The minimum Gasteiger partial charge on any atom is -0.0965 e. The van der Waals surface area contributed by atoms with E-state index in [0.29, 0.717) is 5.16 Å². The molecule has 61 valence electrons. The molecule has 0 aromatic heterocycles. The molecule has 1 rings (SSSR count). The van der Waals surface area contributed by atoms with Crippen LogP contribution in [0.15, 0.2) is 0 Å². The van der Waals surface area contributed by atoms with Crippen LogP contribution in [0.1, 0.15) is 20.8 Å². The van der Waals surface area contributed by atoms with Gasteiger partial charge in [-0.2, -0.15) is 0 Å². The molecule has 1 atom stereocenters. The van der Waals surface area contributed by atoms with E-state index in [1.54, 1.807) is 0 Å². The molecule has 1 fully saturated rings. The van der Waals surface area contributed by atoms with E-state index < -0.39 is 0 Å². The molecule has 0 aliphatic heterocycles. The topological polar surface area (TPSA) is 0 Å². The van der Waals surface area contributed by atoms with Crippen LogP contribution < -0.4 is 0 Å². The van der Waals surface area contributed by atoms with Crippen molar-refractivity contribution in [2.75, 3.05) is 6.66 Å². The molecule has 5 radical (unpaired) electrons. The summed E-state index contributed by atoms with van der Waals surface area (Å²) in [4.78, 5) is 0. The van der Waals surface area contributed by atoms with Crippen LogP contribution in [0.5, 0.6) is 0 Å². The first-order chi connectivity index (χ1) is 5.02. The zero-order valence-corrected chi connectivity index (χ0v) is 8.65. The monoisotopic (exact) mass is 167 g/mol. The van der Waals surface area contributed by atoms with E-state index in [1.165, 1.54) is 5.66 Å². The first kappa shape index (κ1) is 9.52. The molecule has 0 aromatic carbocycles. The highest BCUT2D eigenvalue weighted by molar-refractivity contribution is 7.62. The number of rotatable bonds is 1. The molecule has 0 aromatic rings. The van der Waals surface area contributed by atoms with Crippen molar-refractivity contribution in [2.45, 2.75) is 25.9 Å². The number of hydrogen-bond donors (Lipinski definition) is 0. The summed E-state index contributed by atoms with van der Waals surface area (Å²) in [5.74, 6) is 0. The first-order valence-electron chi connectivity index (χ1n) is 3.97. The van der Waals surface area contributed by atoms with E-state index in [4.69, 9.17) is 0 Å². The first-order valence-corrected chi connectivity index (χ1v) is 5.76. The summed E-state index contributed by atoms with van der Waals surface area (Å²) >= 11 is 0. The van der Waals surface area contributed by atoms with Crippen molar-refractivity contribution >= 4 is 7.92 Å². The van der Waals surface area contributed by atoms with E-state index in [9.17, 15) is 0 Å². The maximum absolute atomic E-state index is 2.35. The van der Waals surface area contributed by atoms with Gasteiger partial charge in [-0.25, -0.2) is 0 Å². The Kier molecular flexibility index (Phi) is 2.97. The maximum Gasteiger partial charge on any atom is 0.00775 e. The lowest BCUT2D eigenvalue weighted by molar-refractivity contribution is 0.786. The largest absolute Gasteiger partial charge is 0.0965 e. The van der Waals surface area contributed by atoms with Crippen molar-refractivity contribution in [3.63, 3.8) is 0 Å². The van der Waals surface area contributed by atoms with Crippen LogP contribution in [0.2, 0.25) is 0 Å². The Hall–Kier alpha value is 0.430. The molecule has 0 bridgehead atoms. The van der Waals surface area contributed by atoms with Crippen molar-refractivity contribution < 1.29 is 0 Å². The third-order valence-corrected chi connectivity index (χ3v) is 5.12. The SMILES string of the molecule is CP([C]1[CH][CH][CH][CH]1)C(C)(C)C. The van der Waals surface area contributed by atoms with Gasteiger partial charge in [-0.1, -0.05) is 28.7 Å². The Morgan fingerprint density at radius 3 is 1.91 bits per heavy atom. The van der Waals surface area contributed by atoms with Crippen LogP contribution >= 0.6 is 7.92 Å². The van der Waals surface area contributed by atoms with Crippen LogP contribution in [-0.4, -0.2) is 11.8 Å². The summed E-state index contributed by atoms with van der Waals surface area (Å²) in [6, 6.07) is 0. The minimum atomic E-state index is 0.0203. The average Bonchev–Trinajstić information content (AvgIpc) is 2.34. The fourth-order valence-corrected chi connectivity index (χ4v) is 2.37. The van der Waals surface area contributed by atoms with Crippen molar-refractivity contribution in [3.8, 4) is 0 Å². The van der Waals surface area contributed by atoms with Crippen LogP contribution in [0.4, 0.5) is 0 Å². The van der Waals surface area contributed by atoms with E-state index in [0.717, 1.165) is 0 Å². The van der Waals surface area contributed by atoms with Gasteiger partial charge in [0.1, 0.15) is 0 Å². The molecule has 1 unspecified atom stereocenters. The van der Waals surface area contributed by atoms with Gasteiger partial charge < -0.3 is 0 Å². The Balaban J connectivity index is 2.46. The molecule has 0 heterocycles. The van der Waals surface area contributed by atoms with Crippen LogP contribution in [0.3, 0.4) is 0 Å². The predicted octanol–water partition coefficient (Wildman–Crippen LogP) is 3.26. The van der Waals surface area contributed by atoms with E-state index in [2.05, 4.69) is 53.1 Å². The Labute approximate surface area is 72.5 Å². The minimum absolute atomic E-state index is 0.0203. The Morgan fingerprint density at radius 2 is 1.55 bits per heavy atom. The lowest BCUT2D eigenvalue weighted by atomic mass is 10.3. The third-order valence-electron chi connectivity index (χ3n) is 2.04. The lowest BCUT2D eigenvalue weighted by Crippen LogP contribution is -2.13. The standard InChI is InChI=1S/C10H16P/c1-10(2,3)11(4)9-7-5-6-8-9/h5-8H,1-4H3. The van der Waals surface area contributed by atoms with E-state index in [-0.39, 0.29) is 7.92 Å². The molecular formula is C10H16P. The summed E-state index contributed by atoms with van der Waals surface area (Å²) < 4.78 is 0. The highest BCUT2D eigenvalue weighted by Gasteiger charge is 2.30. The average molecular weight is 167 g/mol. The summed E-state index contributed by atoms with van der Waals surface area (Å²) in [7, 11) is 0.0203. The van der Waals surface area contributed by atoms with E-state index >= 15 is 0 Å². The van der Waals surface area contributed by atoms with Gasteiger partial charge in [-0.15, -0.1) is 0 Å². The molecule has 1 aliphatic rings. The van der Waals surface area contributed by atoms with Gasteiger partial charge in [0.15, 0.2) is 0 Å². The molecule has 1 heteroatoms. The lowest BCUT2D eigenvalue weighted by Gasteiger charge is -2.32. The van der Waals surface area contributed by atoms with Gasteiger partial charge in [-0.05, 0) is 37.5 Å². The van der Waals surface area contributed by atoms with Crippen molar-refractivity contribution in [1.82, 2.24) is 0 Å². The van der Waals surface area contributed by atoms with Gasteiger partial charge in [-0.3, -0.25) is 0 Å². The van der Waals surface area contributed by atoms with Crippen molar-refractivity contribution in [3.05, 3.63) is 31.3 Å². The second-order valence-corrected chi connectivity index (χ2v) is 6.85. The fourth-order valence-electron chi connectivity index (χ4n) is 0.975.